The lowest BCUT2D eigenvalue weighted by atomic mass is 10.1. The van der Waals surface area contributed by atoms with Crippen LogP contribution in [-0.4, -0.2) is 56.7 Å². The van der Waals surface area contributed by atoms with E-state index >= 15 is 0 Å². The molecule has 3 aromatic rings. The van der Waals surface area contributed by atoms with Crippen molar-refractivity contribution in [3.63, 3.8) is 0 Å². The van der Waals surface area contributed by atoms with Gasteiger partial charge in [-0.05, 0) is 72.7 Å². The van der Waals surface area contributed by atoms with Crippen LogP contribution in [-0.2, 0) is 6.54 Å². The molecule has 2 heterocycles. The van der Waals surface area contributed by atoms with Crippen molar-refractivity contribution in [1.82, 2.24) is 4.90 Å². The topological polar surface area (TPSA) is 13.6 Å². The summed E-state index contributed by atoms with van der Waals surface area (Å²) in [4.78, 5) is 6.97. The minimum absolute atomic E-state index is 0.991. The van der Waals surface area contributed by atoms with Gasteiger partial charge in [-0.1, -0.05) is 76.2 Å². The average Bonchev–Trinajstić information content (AvgIpc) is 3.05. The first-order valence-corrected chi connectivity index (χ1v) is 17.4. The second-order valence-electron chi connectivity index (χ2n) is 10.4. The normalized spacial score (nSPS) is 13.2. The summed E-state index contributed by atoms with van der Waals surface area (Å²) < 4.78 is 2.17. The number of pyridine rings is 1. The smallest absolute Gasteiger partial charge is 0.169 e. The third-order valence-corrected chi connectivity index (χ3v) is 9.80. The number of likely N-dealkylation sites (N-methyl/N-ethyl adjacent to an activating group) is 1. The van der Waals surface area contributed by atoms with Crippen molar-refractivity contribution >= 4 is 51.2 Å². The number of hydrogen-bond donors (Lipinski definition) is 0. The molecule has 0 fully saturated rings. The van der Waals surface area contributed by atoms with E-state index in [9.17, 15) is 0 Å². The molecule has 220 valence electrons. The summed E-state index contributed by atoms with van der Waals surface area (Å²) in [6.07, 6.45) is 19.6. The number of nitrogens with zero attached hydrogens (tertiary/aromatic N) is 4. The molecule has 1 aliphatic rings. The third-order valence-electron chi connectivity index (χ3n) is 7.44. The van der Waals surface area contributed by atoms with Crippen molar-refractivity contribution in [2.45, 2.75) is 20.4 Å². The third kappa shape index (κ3) is 10.2. The Balaban J connectivity index is 1.11. The molecule has 0 spiro atoms. The van der Waals surface area contributed by atoms with Crippen molar-refractivity contribution in [3.05, 3.63) is 120 Å². The van der Waals surface area contributed by atoms with E-state index in [1.165, 1.54) is 33.6 Å². The Labute approximate surface area is 261 Å². The van der Waals surface area contributed by atoms with Gasteiger partial charge in [0.1, 0.15) is 6.54 Å². The molecule has 0 saturated heterocycles. The first kappa shape index (κ1) is 31.6. The molecule has 1 aliphatic heterocycles. The zero-order valence-electron chi connectivity index (χ0n) is 25.5. The summed E-state index contributed by atoms with van der Waals surface area (Å²) >= 11 is 0. The van der Waals surface area contributed by atoms with Gasteiger partial charge in [-0.2, -0.15) is 0 Å². The first-order valence-electron chi connectivity index (χ1n) is 14.9. The van der Waals surface area contributed by atoms with Gasteiger partial charge in [-0.3, -0.25) is 0 Å². The highest BCUT2D eigenvalue weighted by molar-refractivity contribution is 8.76. The van der Waals surface area contributed by atoms with Crippen LogP contribution < -0.4 is 14.4 Å². The van der Waals surface area contributed by atoms with E-state index in [1.807, 2.05) is 21.6 Å². The maximum absolute atomic E-state index is 2.34. The maximum Gasteiger partial charge on any atom is 0.169 e. The molecular formula is C36H45N4S2+. The van der Waals surface area contributed by atoms with Gasteiger partial charge in [0.25, 0.3) is 0 Å². The number of benzene rings is 2. The number of hydrogen-bond acceptors (Lipinski definition) is 5. The molecule has 0 unspecified atom stereocenters. The lowest BCUT2D eigenvalue weighted by molar-refractivity contribution is -0.693. The summed E-state index contributed by atoms with van der Waals surface area (Å²) in [6, 6.07) is 22.0. The molecule has 0 radical (unpaired) electrons. The van der Waals surface area contributed by atoms with Crippen LogP contribution in [0.3, 0.4) is 0 Å². The fraction of sp³-hybridized carbons (Fsp3) is 0.306. The molecule has 0 N–H and O–H groups in total. The number of aryl methyl sites for hydroxylation is 1. The Morgan fingerprint density at radius 2 is 1.21 bits per heavy atom. The second kappa shape index (κ2) is 16.9. The molecule has 6 heteroatoms. The molecule has 4 rings (SSSR count). The van der Waals surface area contributed by atoms with Crippen LogP contribution in [0.5, 0.6) is 0 Å². The van der Waals surface area contributed by atoms with Gasteiger partial charge < -0.3 is 14.7 Å². The molecular weight excluding hydrogens is 553 g/mol. The molecule has 2 aromatic carbocycles. The number of aromatic nitrogens is 1. The van der Waals surface area contributed by atoms with Crippen molar-refractivity contribution in [2.24, 2.45) is 0 Å². The summed E-state index contributed by atoms with van der Waals surface area (Å²) in [5, 5.41) is 0. The standard InChI is InChI=1S/C36H45N4S2/c1-5-39-23-19-33(20-24-39)9-7-31-11-15-35(16-12-31)37(3)27-29-41-42-30-28-38(4)36-17-13-32(14-18-36)8-10-34-21-25-40(6-2)26-22-34/h7-25H,5-6,26-30H2,1-4H3/q+1/b10-8+. The Bertz CT molecular complexity index is 1340. The van der Waals surface area contributed by atoms with E-state index in [0.717, 1.165) is 44.2 Å². The lowest BCUT2D eigenvalue weighted by Crippen LogP contribution is -2.30. The van der Waals surface area contributed by atoms with E-state index in [0.29, 0.717) is 0 Å². The van der Waals surface area contributed by atoms with Crippen LogP contribution in [0, 0.1) is 0 Å². The van der Waals surface area contributed by atoms with Crippen LogP contribution in [0.4, 0.5) is 11.4 Å². The predicted molar refractivity (Wildman–Crippen MR) is 189 cm³/mol. The van der Waals surface area contributed by atoms with Gasteiger partial charge in [-0.25, -0.2) is 4.57 Å². The minimum Gasteiger partial charge on any atom is -0.374 e. The highest BCUT2D eigenvalue weighted by Crippen LogP contribution is 2.24. The first-order chi connectivity index (χ1) is 20.5. The van der Waals surface area contributed by atoms with Gasteiger partial charge in [0.2, 0.25) is 0 Å². The van der Waals surface area contributed by atoms with Crippen LogP contribution in [0.2, 0.25) is 0 Å². The highest BCUT2D eigenvalue weighted by Gasteiger charge is 2.04. The Morgan fingerprint density at radius 3 is 1.67 bits per heavy atom. The second-order valence-corrected chi connectivity index (χ2v) is 13.1. The highest BCUT2D eigenvalue weighted by atomic mass is 33.1. The van der Waals surface area contributed by atoms with E-state index in [4.69, 9.17) is 0 Å². The Morgan fingerprint density at radius 1 is 0.714 bits per heavy atom. The van der Waals surface area contributed by atoms with Crippen molar-refractivity contribution < 1.29 is 4.57 Å². The zero-order chi connectivity index (χ0) is 29.6. The van der Waals surface area contributed by atoms with Crippen LogP contribution in [0.15, 0.2) is 103 Å². The molecule has 0 amide bonds. The van der Waals surface area contributed by atoms with Crippen LogP contribution >= 0.6 is 21.6 Å². The summed E-state index contributed by atoms with van der Waals surface area (Å²) in [5.74, 6) is 2.20. The van der Waals surface area contributed by atoms with E-state index in [1.54, 1.807) is 0 Å². The number of allylic oxidation sites excluding steroid dienone is 3. The predicted octanol–water partition coefficient (Wildman–Crippen LogP) is 7.91. The van der Waals surface area contributed by atoms with Gasteiger partial charge in [-0.15, -0.1) is 0 Å². The van der Waals surface area contributed by atoms with Crippen LogP contribution in [0.25, 0.3) is 18.2 Å². The zero-order valence-corrected chi connectivity index (χ0v) is 27.2. The average molecular weight is 598 g/mol. The quantitative estimate of drug-likeness (QED) is 0.100. The van der Waals surface area contributed by atoms with Crippen molar-refractivity contribution in [3.8, 4) is 0 Å². The molecule has 0 saturated carbocycles. The summed E-state index contributed by atoms with van der Waals surface area (Å²) in [6.45, 7) is 9.44. The molecule has 0 aliphatic carbocycles. The molecule has 4 nitrogen and oxygen atoms in total. The minimum atomic E-state index is 0.991. The Kier molecular flexibility index (Phi) is 12.7. The number of rotatable bonds is 15. The van der Waals surface area contributed by atoms with Gasteiger partial charge in [0.05, 0.1) is 0 Å². The van der Waals surface area contributed by atoms with E-state index in [2.05, 4.69) is 163 Å². The number of anilines is 2. The van der Waals surface area contributed by atoms with E-state index < -0.39 is 0 Å². The summed E-state index contributed by atoms with van der Waals surface area (Å²) in [5.41, 5.74) is 7.47. The van der Waals surface area contributed by atoms with Gasteiger partial charge >= 0.3 is 0 Å². The van der Waals surface area contributed by atoms with Crippen molar-refractivity contribution in [1.29, 1.82) is 0 Å². The Hall–Kier alpha value is -3.35. The molecule has 42 heavy (non-hydrogen) atoms. The maximum atomic E-state index is 2.34. The van der Waals surface area contributed by atoms with Crippen molar-refractivity contribution in [2.75, 3.05) is 61.6 Å². The largest absolute Gasteiger partial charge is 0.374 e. The van der Waals surface area contributed by atoms with Gasteiger partial charge in [0, 0.05) is 75.3 Å². The molecule has 0 atom stereocenters. The fourth-order valence-electron chi connectivity index (χ4n) is 4.48. The summed E-state index contributed by atoms with van der Waals surface area (Å²) in [7, 11) is 8.28. The fourth-order valence-corrected chi connectivity index (χ4v) is 6.57. The monoisotopic (exact) mass is 597 g/mol. The van der Waals surface area contributed by atoms with Crippen LogP contribution in [0.1, 0.15) is 30.5 Å². The van der Waals surface area contributed by atoms with E-state index in [-0.39, 0.29) is 0 Å². The lowest BCUT2D eigenvalue weighted by Gasteiger charge is -2.20. The molecule has 0 bridgehead atoms. The van der Waals surface area contributed by atoms with Gasteiger partial charge in [0.15, 0.2) is 12.4 Å². The SMILES string of the molecule is CCN1C=CC(/C=C/c2ccc(N(C)CCSSCCN(C)c3ccc(/C=C/c4cc[n+](CC)cc4)cc3)cc2)=CC1. The molecule has 1 aromatic heterocycles.